The number of amides is 2. The number of hydrogen-bond acceptors (Lipinski definition) is 3. The summed E-state index contributed by atoms with van der Waals surface area (Å²) in [5.41, 5.74) is 4.99. The minimum atomic E-state index is -0.807. The molecule has 2 aliphatic heterocycles. The second kappa shape index (κ2) is 5.84. The van der Waals surface area contributed by atoms with E-state index < -0.39 is 11.8 Å². The van der Waals surface area contributed by atoms with E-state index in [2.05, 4.69) is 5.32 Å². The number of primary amides is 1. The first-order valence-electron chi connectivity index (χ1n) is 5.82. The quantitative estimate of drug-likeness (QED) is 0.565. The molecule has 2 heterocycles. The van der Waals surface area contributed by atoms with E-state index in [1.54, 1.807) is 4.90 Å². The van der Waals surface area contributed by atoms with Gasteiger partial charge >= 0.3 is 11.8 Å². The van der Waals surface area contributed by atoms with Crippen molar-refractivity contribution >= 4 is 11.8 Å². The first kappa shape index (κ1) is 13.0. The fraction of sp³-hybridized carbons (Fsp3) is 0.818. The highest BCUT2D eigenvalue weighted by molar-refractivity contribution is 6.34. The number of nitrogens with zero attached hydrogens (tertiary/aromatic N) is 1. The minimum absolute atomic E-state index is 0.291. The van der Waals surface area contributed by atoms with Crippen molar-refractivity contribution in [1.29, 1.82) is 0 Å². The molecule has 0 aliphatic carbocycles. The average molecular weight is 227 g/mol. The highest BCUT2D eigenvalue weighted by atomic mass is 16.2. The predicted molar refractivity (Wildman–Crippen MR) is 61.7 cm³/mol. The summed E-state index contributed by atoms with van der Waals surface area (Å²) in [6.45, 7) is 0. The van der Waals surface area contributed by atoms with Gasteiger partial charge < -0.3 is 16.0 Å². The zero-order chi connectivity index (χ0) is 12.1. The fourth-order valence-electron chi connectivity index (χ4n) is 2.58. The van der Waals surface area contributed by atoms with Crippen LogP contribution in [0, 0.1) is 0 Å². The molecule has 2 aliphatic rings. The van der Waals surface area contributed by atoms with Crippen LogP contribution in [0.5, 0.6) is 0 Å². The van der Waals surface area contributed by atoms with Crippen LogP contribution >= 0.6 is 0 Å². The molecule has 0 aromatic rings. The number of piperidine rings is 1. The van der Waals surface area contributed by atoms with Crippen LogP contribution in [0.3, 0.4) is 0 Å². The van der Waals surface area contributed by atoms with Gasteiger partial charge in [-0.1, -0.05) is 0 Å². The van der Waals surface area contributed by atoms with Crippen molar-refractivity contribution in [3.05, 3.63) is 0 Å². The average Bonchev–Trinajstić information content (AvgIpc) is 2.48. The van der Waals surface area contributed by atoms with Gasteiger partial charge in [-0.05, 0) is 46.2 Å². The predicted octanol–water partition coefficient (Wildman–Crippen LogP) is -0.149. The smallest absolute Gasteiger partial charge is 0.312 e. The highest BCUT2D eigenvalue weighted by Gasteiger charge is 2.40. The SMILES string of the molecule is CNC.NC(=O)C(=O)N1C2CCCC1CC2. The van der Waals surface area contributed by atoms with Gasteiger partial charge in [-0.25, -0.2) is 0 Å². The van der Waals surface area contributed by atoms with Crippen molar-refractivity contribution < 1.29 is 9.59 Å². The van der Waals surface area contributed by atoms with Gasteiger partial charge in [0.2, 0.25) is 0 Å². The van der Waals surface area contributed by atoms with Gasteiger partial charge in [0.1, 0.15) is 0 Å². The highest BCUT2D eigenvalue weighted by Crippen LogP contribution is 2.35. The Morgan fingerprint density at radius 2 is 1.56 bits per heavy atom. The molecule has 0 saturated carbocycles. The number of fused-ring (bicyclic) bond motifs is 2. The molecule has 5 nitrogen and oxygen atoms in total. The van der Waals surface area contributed by atoms with Crippen molar-refractivity contribution in [2.75, 3.05) is 14.1 Å². The van der Waals surface area contributed by atoms with Gasteiger partial charge in [-0.15, -0.1) is 0 Å². The Balaban J connectivity index is 0.000000386. The Bertz CT molecular complexity index is 252. The van der Waals surface area contributed by atoms with Crippen molar-refractivity contribution in [3.63, 3.8) is 0 Å². The van der Waals surface area contributed by atoms with Crippen molar-refractivity contribution in [1.82, 2.24) is 10.2 Å². The summed E-state index contributed by atoms with van der Waals surface area (Å²) < 4.78 is 0. The monoisotopic (exact) mass is 227 g/mol. The van der Waals surface area contributed by atoms with Crippen molar-refractivity contribution in [2.45, 2.75) is 44.2 Å². The molecule has 16 heavy (non-hydrogen) atoms. The van der Waals surface area contributed by atoms with Crippen LogP contribution in [0.1, 0.15) is 32.1 Å². The Hall–Kier alpha value is -1.10. The van der Waals surface area contributed by atoms with Crippen LogP contribution < -0.4 is 11.1 Å². The number of rotatable bonds is 0. The van der Waals surface area contributed by atoms with Gasteiger partial charge in [0.15, 0.2) is 0 Å². The Kier molecular flexibility index (Phi) is 4.73. The van der Waals surface area contributed by atoms with E-state index in [4.69, 9.17) is 5.73 Å². The lowest BCUT2D eigenvalue weighted by molar-refractivity contribution is -0.147. The van der Waals surface area contributed by atoms with E-state index in [0.717, 1.165) is 25.7 Å². The van der Waals surface area contributed by atoms with Gasteiger partial charge in [0.05, 0.1) is 0 Å². The number of nitrogens with two attached hydrogens (primary N) is 1. The second-order valence-corrected chi connectivity index (χ2v) is 4.39. The molecule has 0 aromatic carbocycles. The zero-order valence-corrected chi connectivity index (χ0v) is 10.0. The minimum Gasteiger partial charge on any atom is -0.361 e. The van der Waals surface area contributed by atoms with Crippen LogP contribution in [-0.4, -0.2) is 42.9 Å². The van der Waals surface area contributed by atoms with Crippen molar-refractivity contribution in [2.24, 2.45) is 5.73 Å². The van der Waals surface area contributed by atoms with Crippen molar-refractivity contribution in [3.8, 4) is 0 Å². The van der Waals surface area contributed by atoms with E-state index in [-0.39, 0.29) is 0 Å². The molecule has 0 aromatic heterocycles. The standard InChI is InChI=1S/C9H14N2O2.C2H7N/c10-8(12)9(13)11-6-2-1-3-7(11)5-4-6;1-3-2/h6-7H,1-5H2,(H2,10,12);3H,1-2H3. The van der Waals surface area contributed by atoms with Gasteiger partial charge in [-0.3, -0.25) is 9.59 Å². The molecule has 3 N–H and O–H groups in total. The van der Waals surface area contributed by atoms with Gasteiger partial charge in [0.25, 0.3) is 0 Å². The summed E-state index contributed by atoms with van der Waals surface area (Å²) in [6.07, 6.45) is 5.34. The van der Waals surface area contributed by atoms with E-state index in [9.17, 15) is 9.59 Å². The molecule has 2 fully saturated rings. The molecular weight excluding hydrogens is 206 g/mol. The van der Waals surface area contributed by atoms with Crippen LogP contribution in [0.4, 0.5) is 0 Å². The lowest BCUT2D eigenvalue weighted by Gasteiger charge is -2.33. The Morgan fingerprint density at radius 3 is 1.94 bits per heavy atom. The number of carbonyl (C=O) groups excluding carboxylic acids is 2. The third-order valence-electron chi connectivity index (χ3n) is 3.14. The second-order valence-electron chi connectivity index (χ2n) is 4.39. The first-order chi connectivity index (χ1) is 7.61. The van der Waals surface area contributed by atoms with Crippen LogP contribution in [0.25, 0.3) is 0 Å². The van der Waals surface area contributed by atoms with Crippen LogP contribution in [-0.2, 0) is 9.59 Å². The van der Waals surface area contributed by atoms with Gasteiger partial charge in [-0.2, -0.15) is 0 Å². The first-order valence-corrected chi connectivity index (χ1v) is 5.82. The van der Waals surface area contributed by atoms with E-state index in [1.165, 1.54) is 6.42 Å². The van der Waals surface area contributed by atoms with E-state index in [1.807, 2.05) is 14.1 Å². The molecule has 2 atom stereocenters. The Morgan fingerprint density at radius 1 is 1.12 bits per heavy atom. The summed E-state index contributed by atoms with van der Waals surface area (Å²) >= 11 is 0. The molecule has 0 spiro atoms. The topological polar surface area (TPSA) is 75.4 Å². The summed E-state index contributed by atoms with van der Waals surface area (Å²) in [5, 5.41) is 2.75. The molecule has 2 saturated heterocycles. The van der Waals surface area contributed by atoms with Crippen LogP contribution in [0.15, 0.2) is 0 Å². The Labute approximate surface area is 96.4 Å². The summed E-state index contributed by atoms with van der Waals surface area (Å²) in [6, 6.07) is 0.581. The maximum atomic E-state index is 11.4. The maximum absolute atomic E-state index is 11.4. The number of carbonyl (C=O) groups is 2. The molecule has 2 rings (SSSR count). The third-order valence-corrected chi connectivity index (χ3v) is 3.14. The molecule has 0 radical (unpaired) electrons. The lowest BCUT2D eigenvalue weighted by Crippen LogP contribution is -2.49. The number of nitrogens with one attached hydrogen (secondary N) is 1. The normalized spacial score (nSPS) is 27.0. The van der Waals surface area contributed by atoms with Gasteiger partial charge in [0, 0.05) is 12.1 Å². The molecule has 92 valence electrons. The molecular formula is C11H21N3O2. The molecule has 2 amide bonds. The van der Waals surface area contributed by atoms with E-state index in [0.29, 0.717) is 12.1 Å². The lowest BCUT2D eigenvalue weighted by atomic mass is 10.0. The fourth-order valence-corrected chi connectivity index (χ4v) is 2.58. The third kappa shape index (κ3) is 2.72. The molecule has 2 bridgehead atoms. The maximum Gasteiger partial charge on any atom is 0.312 e. The van der Waals surface area contributed by atoms with E-state index >= 15 is 0 Å². The summed E-state index contributed by atoms with van der Waals surface area (Å²) in [4.78, 5) is 23.9. The molecule has 2 unspecified atom stereocenters. The number of hydrogen-bond donors (Lipinski definition) is 2. The summed E-state index contributed by atoms with van der Waals surface area (Å²) in [5.74, 6) is -1.29. The zero-order valence-electron chi connectivity index (χ0n) is 10.0. The summed E-state index contributed by atoms with van der Waals surface area (Å²) in [7, 11) is 3.75. The largest absolute Gasteiger partial charge is 0.361 e. The molecule has 5 heteroatoms. The van der Waals surface area contributed by atoms with Crippen LogP contribution in [0.2, 0.25) is 0 Å².